The number of nitrogens with zero attached hydrogens (tertiary/aromatic N) is 3. The molecule has 0 fully saturated rings. The van der Waals surface area contributed by atoms with Crippen LogP contribution in [0, 0.1) is 17.1 Å². The van der Waals surface area contributed by atoms with E-state index in [-0.39, 0.29) is 37.6 Å². The molecular formula is C21H23FN4O3. The van der Waals surface area contributed by atoms with E-state index in [1.807, 2.05) is 6.07 Å². The van der Waals surface area contributed by atoms with E-state index in [4.69, 9.17) is 10.00 Å². The van der Waals surface area contributed by atoms with Crippen molar-refractivity contribution >= 4 is 23.2 Å². The number of amides is 2. The largest absolute Gasteiger partial charge is 0.497 e. The number of carbonyl (C=O) groups excluding carboxylic acids is 2. The standard InChI is InChI=1S/C21H23FN4O3/c1-25(14-20(27)24-16-7-5-8-17(13-16)29-2)15-21(28)26(12-6-11-23)19-10-4-3-9-18(19)22/h3-5,7-10,13H,6,12,14-15H2,1-2H3,(H,24,27). The van der Waals surface area contributed by atoms with Gasteiger partial charge in [0, 0.05) is 18.3 Å². The molecule has 0 aliphatic rings. The van der Waals surface area contributed by atoms with E-state index in [2.05, 4.69) is 5.32 Å². The fraction of sp³-hybridized carbons (Fsp3) is 0.286. The maximum Gasteiger partial charge on any atom is 0.241 e. The van der Waals surface area contributed by atoms with Crippen molar-refractivity contribution in [2.45, 2.75) is 6.42 Å². The molecule has 0 unspecified atom stereocenters. The molecule has 0 aliphatic carbocycles. The highest BCUT2D eigenvalue weighted by Crippen LogP contribution is 2.19. The Kier molecular flexibility index (Phi) is 8.12. The Labute approximate surface area is 169 Å². The van der Waals surface area contributed by atoms with Gasteiger partial charge in [-0.15, -0.1) is 0 Å². The maximum absolute atomic E-state index is 14.1. The molecule has 0 saturated carbocycles. The number of hydrogen-bond donors (Lipinski definition) is 1. The molecule has 2 aromatic rings. The Hall–Kier alpha value is -3.44. The lowest BCUT2D eigenvalue weighted by Crippen LogP contribution is -2.42. The molecule has 0 bridgehead atoms. The summed E-state index contributed by atoms with van der Waals surface area (Å²) in [6, 6.07) is 14.8. The van der Waals surface area contributed by atoms with Gasteiger partial charge < -0.3 is 15.0 Å². The van der Waals surface area contributed by atoms with Crippen LogP contribution in [0.25, 0.3) is 0 Å². The number of carbonyl (C=O) groups is 2. The van der Waals surface area contributed by atoms with Gasteiger partial charge in [0.05, 0.1) is 38.4 Å². The van der Waals surface area contributed by atoms with E-state index in [0.29, 0.717) is 11.4 Å². The molecule has 1 N–H and O–H groups in total. The molecule has 0 atom stereocenters. The van der Waals surface area contributed by atoms with Crippen LogP contribution >= 0.6 is 0 Å². The quantitative estimate of drug-likeness (QED) is 0.702. The van der Waals surface area contributed by atoms with Crippen molar-refractivity contribution < 1.29 is 18.7 Å². The molecule has 8 heteroatoms. The van der Waals surface area contributed by atoms with Crippen LogP contribution in [0.3, 0.4) is 0 Å². The topological polar surface area (TPSA) is 85.7 Å². The molecule has 0 heterocycles. The average Bonchev–Trinajstić information content (AvgIpc) is 2.69. The van der Waals surface area contributed by atoms with Crippen LogP contribution in [0.2, 0.25) is 0 Å². The molecule has 2 rings (SSSR count). The molecule has 0 spiro atoms. The third kappa shape index (κ3) is 6.59. The second kappa shape index (κ2) is 10.8. The maximum atomic E-state index is 14.1. The fourth-order valence-electron chi connectivity index (χ4n) is 2.73. The lowest BCUT2D eigenvalue weighted by atomic mass is 10.2. The van der Waals surface area contributed by atoms with Gasteiger partial charge in [-0.2, -0.15) is 5.26 Å². The van der Waals surface area contributed by atoms with Gasteiger partial charge in [-0.1, -0.05) is 18.2 Å². The van der Waals surface area contributed by atoms with Crippen LogP contribution in [0.5, 0.6) is 5.75 Å². The number of rotatable bonds is 9. The highest BCUT2D eigenvalue weighted by Gasteiger charge is 2.21. The Morgan fingerprint density at radius 3 is 2.62 bits per heavy atom. The minimum atomic E-state index is -0.544. The summed E-state index contributed by atoms with van der Waals surface area (Å²) in [5.74, 6) is -0.633. The molecule has 2 aromatic carbocycles. The molecule has 29 heavy (non-hydrogen) atoms. The Morgan fingerprint density at radius 2 is 1.93 bits per heavy atom. The number of nitrogens with one attached hydrogen (secondary N) is 1. The Bertz CT molecular complexity index is 897. The summed E-state index contributed by atoms with van der Waals surface area (Å²) < 4.78 is 19.2. The van der Waals surface area contributed by atoms with Crippen LogP contribution in [0.15, 0.2) is 48.5 Å². The smallest absolute Gasteiger partial charge is 0.241 e. The van der Waals surface area contributed by atoms with Crippen molar-refractivity contribution in [3.63, 3.8) is 0 Å². The molecule has 0 saturated heterocycles. The zero-order chi connectivity index (χ0) is 21.2. The third-order valence-electron chi connectivity index (χ3n) is 4.06. The highest BCUT2D eigenvalue weighted by atomic mass is 19.1. The summed E-state index contributed by atoms with van der Waals surface area (Å²) in [6.07, 6.45) is 0.0696. The zero-order valence-electron chi connectivity index (χ0n) is 16.4. The van der Waals surface area contributed by atoms with Crippen molar-refractivity contribution in [1.82, 2.24) is 4.90 Å². The van der Waals surface area contributed by atoms with Gasteiger partial charge >= 0.3 is 0 Å². The fourth-order valence-corrected chi connectivity index (χ4v) is 2.73. The third-order valence-corrected chi connectivity index (χ3v) is 4.06. The van der Waals surface area contributed by atoms with Crippen LogP contribution in [-0.4, -0.2) is 50.5 Å². The van der Waals surface area contributed by atoms with Crippen LogP contribution < -0.4 is 15.0 Å². The van der Waals surface area contributed by atoms with E-state index in [1.165, 1.54) is 35.1 Å². The summed E-state index contributed by atoms with van der Waals surface area (Å²) in [4.78, 5) is 27.7. The number of halogens is 1. The summed E-state index contributed by atoms with van der Waals surface area (Å²) in [7, 11) is 3.15. The molecule has 0 aromatic heterocycles. The number of likely N-dealkylation sites (N-methyl/N-ethyl adjacent to an activating group) is 1. The van der Waals surface area contributed by atoms with E-state index >= 15 is 0 Å². The number of nitriles is 1. The molecule has 0 radical (unpaired) electrons. The average molecular weight is 398 g/mol. The van der Waals surface area contributed by atoms with Crippen molar-refractivity contribution in [3.05, 3.63) is 54.3 Å². The first-order valence-electron chi connectivity index (χ1n) is 8.99. The monoisotopic (exact) mass is 398 g/mol. The molecule has 2 amide bonds. The Balaban J connectivity index is 1.98. The lowest BCUT2D eigenvalue weighted by Gasteiger charge is -2.25. The summed E-state index contributed by atoms with van der Waals surface area (Å²) >= 11 is 0. The molecular weight excluding hydrogens is 375 g/mol. The SMILES string of the molecule is COc1cccc(NC(=O)CN(C)CC(=O)N(CCC#N)c2ccccc2F)c1. The van der Waals surface area contributed by atoms with Gasteiger partial charge in [0.15, 0.2) is 0 Å². The minimum Gasteiger partial charge on any atom is -0.497 e. The number of para-hydroxylation sites is 1. The van der Waals surface area contributed by atoms with Gasteiger partial charge in [0.1, 0.15) is 11.6 Å². The van der Waals surface area contributed by atoms with Crippen LogP contribution in [0.1, 0.15) is 6.42 Å². The van der Waals surface area contributed by atoms with E-state index in [9.17, 15) is 14.0 Å². The van der Waals surface area contributed by atoms with Crippen LogP contribution in [-0.2, 0) is 9.59 Å². The van der Waals surface area contributed by atoms with Gasteiger partial charge in [-0.25, -0.2) is 4.39 Å². The second-order valence-corrected chi connectivity index (χ2v) is 6.36. The second-order valence-electron chi connectivity index (χ2n) is 6.36. The van der Waals surface area contributed by atoms with Crippen molar-refractivity contribution in [2.75, 3.05) is 44.0 Å². The van der Waals surface area contributed by atoms with Gasteiger partial charge in [-0.05, 0) is 31.3 Å². The molecule has 7 nitrogen and oxygen atoms in total. The first-order valence-corrected chi connectivity index (χ1v) is 8.99. The molecule has 152 valence electrons. The molecule has 0 aliphatic heterocycles. The van der Waals surface area contributed by atoms with Crippen LogP contribution in [0.4, 0.5) is 15.8 Å². The summed E-state index contributed by atoms with van der Waals surface area (Å²) in [5.41, 5.74) is 0.693. The number of hydrogen-bond acceptors (Lipinski definition) is 5. The summed E-state index contributed by atoms with van der Waals surface area (Å²) in [6.45, 7) is -0.0717. The highest BCUT2D eigenvalue weighted by molar-refractivity contribution is 5.96. The van der Waals surface area contributed by atoms with E-state index in [1.54, 1.807) is 37.4 Å². The van der Waals surface area contributed by atoms with Gasteiger partial charge in [0.2, 0.25) is 11.8 Å². The number of benzene rings is 2. The predicted octanol–water partition coefficient (Wildman–Crippen LogP) is 2.65. The lowest BCUT2D eigenvalue weighted by molar-refractivity contribution is -0.121. The van der Waals surface area contributed by atoms with E-state index in [0.717, 1.165) is 0 Å². The van der Waals surface area contributed by atoms with Crippen molar-refractivity contribution in [1.29, 1.82) is 5.26 Å². The Morgan fingerprint density at radius 1 is 1.17 bits per heavy atom. The predicted molar refractivity (Wildman–Crippen MR) is 108 cm³/mol. The first kappa shape index (κ1) is 21.9. The zero-order valence-corrected chi connectivity index (χ0v) is 16.4. The van der Waals surface area contributed by atoms with Crippen molar-refractivity contribution in [2.24, 2.45) is 0 Å². The number of ether oxygens (including phenoxy) is 1. The first-order chi connectivity index (χ1) is 13.9. The van der Waals surface area contributed by atoms with Crippen molar-refractivity contribution in [3.8, 4) is 11.8 Å². The number of methoxy groups -OCH3 is 1. The van der Waals surface area contributed by atoms with Gasteiger partial charge in [-0.3, -0.25) is 14.5 Å². The van der Waals surface area contributed by atoms with Gasteiger partial charge in [0.25, 0.3) is 0 Å². The van der Waals surface area contributed by atoms with E-state index < -0.39 is 11.7 Å². The minimum absolute atomic E-state index is 0.0354. The number of anilines is 2. The summed E-state index contributed by atoms with van der Waals surface area (Å²) in [5, 5.41) is 11.6. The normalized spacial score (nSPS) is 10.3.